The first kappa shape index (κ1) is 25.7. The van der Waals surface area contributed by atoms with Gasteiger partial charge in [0.25, 0.3) is 5.91 Å². The van der Waals surface area contributed by atoms with Gasteiger partial charge in [-0.3, -0.25) is 9.79 Å². The summed E-state index contributed by atoms with van der Waals surface area (Å²) in [6.45, 7) is 9.21. The van der Waals surface area contributed by atoms with Gasteiger partial charge in [0.1, 0.15) is 0 Å². The number of hydrogen-bond donors (Lipinski definition) is 3. The lowest BCUT2D eigenvalue weighted by Crippen LogP contribution is -2.47. The molecule has 164 valence electrons. The molecule has 1 fully saturated rings. The average Bonchev–Trinajstić information content (AvgIpc) is 2.69. The summed E-state index contributed by atoms with van der Waals surface area (Å²) in [4.78, 5) is 16.1. The number of aliphatic imine (C=N–C) groups is 1. The number of halogens is 1. The average molecular weight is 516 g/mol. The summed E-state index contributed by atoms with van der Waals surface area (Å²) in [6, 6.07) is 7.72. The van der Waals surface area contributed by atoms with Gasteiger partial charge in [-0.05, 0) is 42.4 Å². The number of guanidine groups is 1. The Morgan fingerprint density at radius 2 is 2.03 bits per heavy atom. The van der Waals surface area contributed by atoms with E-state index in [1.54, 1.807) is 14.1 Å². The molecule has 0 saturated carbocycles. The molecular formula is C22H37IN4O2. The van der Waals surface area contributed by atoms with Gasteiger partial charge in [-0.15, -0.1) is 24.0 Å². The topological polar surface area (TPSA) is 74.8 Å². The van der Waals surface area contributed by atoms with Crippen molar-refractivity contribution in [1.82, 2.24) is 16.0 Å². The van der Waals surface area contributed by atoms with Crippen LogP contribution in [0.2, 0.25) is 0 Å². The monoisotopic (exact) mass is 516 g/mol. The van der Waals surface area contributed by atoms with Gasteiger partial charge in [0.2, 0.25) is 0 Å². The van der Waals surface area contributed by atoms with Crippen molar-refractivity contribution in [1.29, 1.82) is 0 Å². The quantitative estimate of drug-likeness (QED) is 0.309. The molecule has 0 aromatic heterocycles. The maximum atomic E-state index is 11.8. The number of nitrogens with zero attached hydrogens (tertiary/aromatic N) is 1. The lowest BCUT2D eigenvalue weighted by molar-refractivity contribution is -0.0835. The highest BCUT2D eigenvalue weighted by molar-refractivity contribution is 14.0. The molecule has 3 N–H and O–H groups in total. The van der Waals surface area contributed by atoms with E-state index in [0.717, 1.165) is 44.1 Å². The zero-order valence-corrected chi connectivity index (χ0v) is 20.7. The number of amides is 1. The van der Waals surface area contributed by atoms with E-state index in [1.165, 1.54) is 6.42 Å². The molecule has 29 heavy (non-hydrogen) atoms. The molecule has 1 heterocycles. The third-order valence-electron chi connectivity index (χ3n) is 5.18. The van der Waals surface area contributed by atoms with E-state index in [4.69, 9.17) is 4.74 Å². The Kier molecular flexibility index (Phi) is 11.0. The van der Waals surface area contributed by atoms with Gasteiger partial charge in [0, 0.05) is 45.3 Å². The van der Waals surface area contributed by atoms with Crippen LogP contribution in [0.15, 0.2) is 29.3 Å². The van der Waals surface area contributed by atoms with Crippen LogP contribution in [0.4, 0.5) is 0 Å². The molecule has 6 nitrogen and oxygen atoms in total. The number of hydrogen-bond acceptors (Lipinski definition) is 3. The standard InChI is InChI=1S/C22H36N4O2.HI/c1-22(2,3)19-18(10-7-13-28-19)15-26-21(24-5)25-12-11-16-8-6-9-17(14-16)20(27)23-4;/h6,8-9,14,18-19H,7,10-13,15H2,1-5H3,(H,23,27)(H2,24,25,26);1H. The predicted molar refractivity (Wildman–Crippen MR) is 130 cm³/mol. The molecular weight excluding hydrogens is 479 g/mol. The molecule has 0 aliphatic carbocycles. The van der Waals surface area contributed by atoms with Gasteiger partial charge in [0.05, 0.1) is 6.10 Å². The molecule has 1 amide bonds. The third-order valence-corrected chi connectivity index (χ3v) is 5.18. The second-order valence-corrected chi connectivity index (χ2v) is 8.47. The Hall–Kier alpha value is -1.35. The van der Waals surface area contributed by atoms with Crippen molar-refractivity contribution >= 4 is 35.8 Å². The van der Waals surface area contributed by atoms with Crippen molar-refractivity contribution < 1.29 is 9.53 Å². The van der Waals surface area contributed by atoms with Crippen molar-refractivity contribution in [3.05, 3.63) is 35.4 Å². The zero-order chi connectivity index (χ0) is 20.6. The molecule has 1 saturated heterocycles. The fourth-order valence-corrected chi connectivity index (χ4v) is 3.80. The second kappa shape index (κ2) is 12.4. The molecule has 2 rings (SSSR count). The fraction of sp³-hybridized carbons (Fsp3) is 0.636. The van der Waals surface area contributed by atoms with Crippen LogP contribution < -0.4 is 16.0 Å². The highest BCUT2D eigenvalue weighted by Gasteiger charge is 2.35. The lowest BCUT2D eigenvalue weighted by Gasteiger charge is -2.40. The summed E-state index contributed by atoms with van der Waals surface area (Å²) in [5.74, 6) is 1.23. The molecule has 2 unspecified atom stereocenters. The van der Waals surface area contributed by atoms with Crippen LogP contribution in [0.1, 0.15) is 49.5 Å². The van der Waals surface area contributed by atoms with E-state index in [9.17, 15) is 4.79 Å². The molecule has 1 aliphatic heterocycles. The number of rotatable bonds is 6. The summed E-state index contributed by atoms with van der Waals surface area (Å²) >= 11 is 0. The van der Waals surface area contributed by atoms with Gasteiger partial charge in [-0.2, -0.15) is 0 Å². The first-order chi connectivity index (χ1) is 13.3. The lowest BCUT2D eigenvalue weighted by atomic mass is 9.78. The van der Waals surface area contributed by atoms with Crippen molar-refractivity contribution in [2.24, 2.45) is 16.3 Å². The SMILES string of the molecule is CN=C(NCCc1cccc(C(=O)NC)c1)NCC1CCCOC1C(C)(C)C.I. The summed E-state index contributed by atoms with van der Waals surface area (Å²) in [6.07, 6.45) is 3.38. The van der Waals surface area contributed by atoms with E-state index in [2.05, 4.69) is 41.7 Å². The highest BCUT2D eigenvalue weighted by atomic mass is 127. The maximum Gasteiger partial charge on any atom is 0.251 e. The van der Waals surface area contributed by atoms with Crippen LogP contribution in [0.25, 0.3) is 0 Å². The molecule has 7 heteroatoms. The van der Waals surface area contributed by atoms with E-state index in [1.807, 2.05) is 24.3 Å². The Morgan fingerprint density at radius 3 is 2.69 bits per heavy atom. The molecule has 1 aromatic rings. The van der Waals surface area contributed by atoms with Crippen LogP contribution in [0.5, 0.6) is 0 Å². The number of carbonyl (C=O) groups excluding carboxylic acids is 1. The van der Waals surface area contributed by atoms with Gasteiger partial charge in [0.15, 0.2) is 5.96 Å². The minimum absolute atomic E-state index is 0. The highest BCUT2D eigenvalue weighted by Crippen LogP contribution is 2.33. The van der Waals surface area contributed by atoms with Gasteiger partial charge < -0.3 is 20.7 Å². The van der Waals surface area contributed by atoms with E-state index in [-0.39, 0.29) is 41.4 Å². The Balaban J connectivity index is 0.00000420. The molecule has 0 bridgehead atoms. The Bertz CT molecular complexity index is 673. The molecule has 0 radical (unpaired) electrons. The second-order valence-electron chi connectivity index (χ2n) is 8.47. The van der Waals surface area contributed by atoms with Crippen molar-refractivity contribution in [3.63, 3.8) is 0 Å². The molecule has 1 aliphatic rings. The van der Waals surface area contributed by atoms with Crippen molar-refractivity contribution in [3.8, 4) is 0 Å². The minimum atomic E-state index is -0.0598. The van der Waals surface area contributed by atoms with Gasteiger partial charge >= 0.3 is 0 Å². The Labute approximate surface area is 192 Å². The van der Waals surface area contributed by atoms with Crippen LogP contribution in [0, 0.1) is 11.3 Å². The fourth-order valence-electron chi connectivity index (χ4n) is 3.80. The van der Waals surface area contributed by atoms with E-state index >= 15 is 0 Å². The number of carbonyl (C=O) groups is 1. The minimum Gasteiger partial charge on any atom is -0.377 e. The predicted octanol–water partition coefficient (Wildman–Crippen LogP) is 3.21. The summed E-state index contributed by atoms with van der Waals surface area (Å²) in [7, 11) is 3.44. The van der Waals surface area contributed by atoms with Gasteiger partial charge in [-0.25, -0.2) is 0 Å². The summed E-state index contributed by atoms with van der Waals surface area (Å²) < 4.78 is 6.07. The van der Waals surface area contributed by atoms with Crippen molar-refractivity contribution in [2.75, 3.05) is 33.8 Å². The van der Waals surface area contributed by atoms with Crippen LogP contribution in [-0.2, 0) is 11.2 Å². The van der Waals surface area contributed by atoms with E-state index in [0.29, 0.717) is 11.5 Å². The molecule has 0 spiro atoms. The molecule has 1 aromatic carbocycles. The first-order valence-electron chi connectivity index (χ1n) is 10.2. The maximum absolute atomic E-state index is 11.8. The number of nitrogens with one attached hydrogen (secondary N) is 3. The Morgan fingerprint density at radius 1 is 1.28 bits per heavy atom. The summed E-state index contributed by atoms with van der Waals surface area (Å²) in [5.41, 5.74) is 1.95. The smallest absolute Gasteiger partial charge is 0.251 e. The zero-order valence-electron chi connectivity index (χ0n) is 18.4. The van der Waals surface area contributed by atoms with Gasteiger partial charge in [-0.1, -0.05) is 32.9 Å². The number of ether oxygens (including phenoxy) is 1. The normalized spacial score (nSPS) is 19.8. The number of benzene rings is 1. The van der Waals surface area contributed by atoms with Crippen LogP contribution in [0.3, 0.4) is 0 Å². The van der Waals surface area contributed by atoms with Crippen LogP contribution in [-0.4, -0.2) is 51.8 Å². The molecule has 2 atom stereocenters. The largest absolute Gasteiger partial charge is 0.377 e. The first-order valence-corrected chi connectivity index (χ1v) is 10.2. The van der Waals surface area contributed by atoms with Crippen molar-refractivity contribution in [2.45, 2.75) is 46.1 Å². The van der Waals surface area contributed by atoms with E-state index < -0.39 is 0 Å². The third kappa shape index (κ3) is 8.12. The summed E-state index contributed by atoms with van der Waals surface area (Å²) in [5, 5.41) is 9.49. The van der Waals surface area contributed by atoms with Crippen LogP contribution >= 0.6 is 24.0 Å².